The summed E-state index contributed by atoms with van der Waals surface area (Å²) in [6.07, 6.45) is 0. The van der Waals surface area contributed by atoms with Crippen molar-refractivity contribution in [2.45, 2.75) is 30.3 Å². The van der Waals surface area contributed by atoms with Gasteiger partial charge in [-0.2, -0.15) is 0 Å². The molecule has 37 heavy (non-hydrogen) atoms. The topological polar surface area (TPSA) is 18.5 Å². The molecular weight excluding hydrogens is 492 g/mol. The standard InChI is InChI=1S/C33H27O2S2/c1-4-10-28(11-5-1)36-29-20-16-26(17-21-29)33(34-24-25-35-33)27-18-22-32(23-19-27)37(30-12-6-2-7-13-30)31-14-8-3-9-15-31/h1-23H,24-25H2/q+1. The summed E-state index contributed by atoms with van der Waals surface area (Å²) in [4.78, 5) is 6.28. The second kappa shape index (κ2) is 11.0. The lowest BCUT2D eigenvalue weighted by atomic mass is 9.97. The fraction of sp³-hybridized carbons (Fsp3) is 0.0909. The van der Waals surface area contributed by atoms with Gasteiger partial charge in [0.15, 0.2) is 14.7 Å². The van der Waals surface area contributed by atoms with Gasteiger partial charge >= 0.3 is 0 Å². The molecule has 0 aliphatic carbocycles. The van der Waals surface area contributed by atoms with Crippen molar-refractivity contribution in [1.29, 1.82) is 0 Å². The Kier molecular flexibility index (Phi) is 7.16. The van der Waals surface area contributed by atoms with E-state index in [2.05, 4.69) is 133 Å². The molecule has 1 heterocycles. The minimum absolute atomic E-state index is 0.189. The van der Waals surface area contributed by atoms with E-state index < -0.39 is 5.79 Å². The van der Waals surface area contributed by atoms with Crippen LogP contribution in [0.15, 0.2) is 164 Å². The van der Waals surface area contributed by atoms with Crippen LogP contribution in [0.1, 0.15) is 11.1 Å². The Morgan fingerprint density at radius 1 is 0.459 bits per heavy atom. The number of benzene rings is 5. The molecule has 0 atom stereocenters. The van der Waals surface area contributed by atoms with Crippen molar-refractivity contribution < 1.29 is 9.47 Å². The molecule has 182 valence electrons. The Hall–Kier alpha value is -3.28. The first kappa shape index (κ1) is 24.1. The molecule has 1 aliphatic rings. The van der Waals surface area contributed by atoms with E-state index in [1.165, 1.54) is 24.5 Å². The first-order chi connectivity index (χ1) is 18.3. The van der Waals surface area contributed by atoms with Gasteiger partial charge in [-0.3, -0.25) is 0 Å². The molecule has 0 unspecified atom stereocenters. The van der Waals surface area contributed by atoms with Gasteiger partial charge in [-0.15, -0.1) is 0 Å². The second-order valence-electron chi connectivity index (χ2n) is 8.71. The molecule has 0 N–H and O–H groups in total. The van der Waals surface area contributed by atoms with Crippen LogP contribution in [0, 0.1) is 0 Å². The molecule has 4 heteroatoms. The molecule has 6 rings (SSSR count). The zero-order valence-electron chi connectivity index (χ0n) is 20.3. The Balaban J connectivity index is 1.32. The van der Waals surface area contributed by atoms with Crippen LogP contribution in [0.3, 0.4) is 0 Å². The van der Waals surface area contributed by atoms with E-state index in [0.29, 0.717) is 13.2 Å². The van der Waals surface area contributed by atoms with Crippen LogP contribution in [0.5, 0.6) is 0 Å². The van der Waals surface area contributed by atoms with Gasteiger partial charge in [0.25, 0.3) is 0 Å². The van der Waals surface area contributed by atoms with Gasteiger partial charge in [-0.25, -0.2) is 0 Å². The number of hydrogen-bond donors (Lipinski definition) is 0. The lowest BCUT2D eigenvalue weighted by Gasteiger charge is -2.28. The van der Waals surface area contributed by atoms with Crippen molar-refractivity contribution in [2.75, 3.05) is 13.2 Å². The smallest absolute Gasteiger partial charge is 0.222 e. The molecule has 0 amide bonds. The summed E-state index contributed by atoms with van der Waals surface area (Å²) in [6.45, 7) is 1.14. The fourth-order valence-corrected chi connectivity index (χ4v) is 7.53. The predicted octanol–water partition coefficient (Wildman–Crippen LogP) is 8.18. The van der Waals surface area contributed by atoms with E-state index in [0.717, 1.165) is 11.1 Å². The summed E-state index contributed by atoms with van der Waals surface area (Å²) in [5.41, 5.74) is 2.03. The minimum Gasteiger partial charge on any atom is -0.340 e. The summed E-state index contributed by atoms with van der Waals surface area (Å²) >= 11 is 1.75. The van der Waals surface area contributed by atoms with Gasteiger partial charge < -0.3 is 9.47 Å². The number of hydrogen-bond acceptors (Lipinski definition) is 3. The molecule has 5 aromatic carbocycles. The Morgan fingerprint density at radius 3 is 1.38 bits per heavy atom. The quantitative estimate of drug-likeness (QED) is 0.202. The highest BCUT2D eigenvalue weighted by atomic mass is 32.2. The molecule has 5 aromatic rings. The third kappa shape index (κ3) is 5.11. The third-order valence-corrected chi connectivity index (χ3v) is 9.58. The average molecular weight is 520 g/mol. The van der Waals surface area contributed by atoms with E-state index >= 15 is 0 Å². The summed E-state index contributed by atoms with van der Waals surface area (Å²) in [7, 11) is -0.189. The van der Waals surface area contributed by atoms with E-state index in [1.54, 1.807) is 11.8 Å². The van der Waals surface area contributed by atoms with Crippen molar-refractivity contribution in [3.8, 4) is 0 Å². The highest BCUT2D eigenvalue weighted by Crippen LogP contribution is 2.41. The van der Waals surface area contributed by atoms with Gasteiger partial charge in [0.2, 0.25) is 5.79 Å². The SMILES string of the molecule is c1ccc(Sc2ccc(C3(c4ccc([S+](c5ccccc5)c5ccccc5)cc4)OCCO3)cc2)cc1. The Labute approximate surface area is 225 Å². The first-order valence-corrected chi connectivity index (χ1v) is 14.4. The van der Waals surface area contributed by atoms with E-state index in [-0.39, 0.29) is 10.9 Å². The van der Waals surface area contributed by atoms with Crippen LogP contribution in [0.25, 0.3) is 0 Å². The Morgan fingerprint density at radius 2 is 0.865 bits per heavy atom. The van der Waals surface area contributed by atoms with Crippen LogP contribution >= 0.6 is 11.8 Å². The second-order valence-corrected chi connectivity index (χ2v) is 11.9. The third-order valence-electron chi connectivity index (χ3n) is 6.34. The van der Waals surface area contributed by atoms with Gasteiger partial charge in [-0.05, 0) is 72.8 Å². The molecule has 0 bridgehead atoms. The molecular formula is C33H27O2S2+. The molecule has 1 aliphatic heterocycles. The van der Waals surface area contributed by atoms with Crippen LogP contribution in [-0.2, 0) is 26.2 Å². The van der Waals surface area contributed by atoms with Crippen molar-refractivity contribution in [1.82, 2.24) is 0 Å². The minimum atomic E-state index is -0.882. The number of ether oxygens (including phenoxy) is 2. The fourth-order valence-electron chi connectivity index (χ4n) is 4.61. The van der Waals surface area contributed by atoms with Gasteiger partial charge in [0.05, 0.1) is 24.1 Å². The van der Waals surface area contributed by atoms with E-state index in [1.807, 2.05) is 6.07 Å². The number of rotatable bonds is 7. The molecule has 0 radical (unpaired) electrons. The summed E-state index contributed by atoms with van der Waals surface area (Å²) in [5, 5.41) is 0. The predicted molar refractivity (Wildman–Crippen MR) is 151 cm³/mol. The maximum atomic E-state index is 6.31. The maximum Gasteiger partial charge on any atom is 0.222 e. The van der Waals surface area contributed by atoms with Crippen LogP contribution in [-0.4, -0.2) is 13.2 Å². The first-order valence-electron chi connectivity index (χ1n) is 12.4. The van der Waals surface area contributed by atoms with Crippen LogP contribution in [0.4, 0.5) is 0 Å². The highest BCUT2D eigenvalue weighted by Gasteiger charge is 2.41. The summed E-state index contributed by atoms with van der Waals surface area (Å²) in [6, 6.07) is 49.2. The largest absolute Gasteiger partial charge is 0.340 e. The van der Waals surface area contributed by atoms with Gasteiger partial charge in [-0.1, -0.05) is 78.5 Å². The van der Waals surface area contributed by atoms with Crippen molar-refractivity contribution in [3.05, 3.63) is 151 Å². The van der Waals surface area contributed by atoms with Crippen LogP contribution in [0.2, 0.25) is 0 Å². The zero-order chi connectivity index (χ0) is 24.9. The molecule has 0 saturated carbocycles. The van der Waals surface area contributed by atoms with Crippen molar-refractivity contribution in [3.63, 3.8) is 0 Å². The molecule has 0 aromatic heterocycles. The van der Waals surface area contributed by atoms with Gasteiger partial charge in [0, 0.05) is 20.9 Å². The van der Waals surface area contributed by atoms with E-state index in [9.17, 15) is 0 Å². The molecule has 2 nitrogen and oxygen atoms in total. The van der Waals surface area contributed by atoms with E-state index in [4.69, 9.17) is 9.47 Å². The molecule has 1 fully saturated rings. The monoisotopic (exact) mass is 519 g/mol. The van der Waals surface area contributed by atoms with Gasteiger partial charge in [0.1, 0.15) is 0 Å². The van der Waals surface area contributed by atoms with Crippen molar-refractivity contribution >= 4 is 22.7 Å². The zero-order valence-corrected chi connectivity index (χ0v) is 22.0. The highest BCUT2D eigenvalue weighted by molar-refractivity contribution is 7.99. The average Bonchev–Trinajstić information content (AvgIpc) is 3.47. The van der Waals surface area contributed by atoms with Crippen LogP contribution < -0.4 is 0 Å². The van der Waals surface area contributed by atoms with Crippen molar-refractivity contribution in [2.24, 2.45) is 0 Å². The summed E-state index contributed by atoms with van der Waals surface area (Å²) in [5.74, 6) is -0.882. The molecule has 1 saturated heterocycles. The summed E-state index contributed by atoms with van der Waals surface area (Å²) < 4.78 is 12.6. The lowest BCUT2D eigenvalue weighted by molar-refractivity contribution is -0.130. The normalized spacial score (nSPS) is 14.6. The maximum absolute atomic E-state index is 6.31. The molecule has 0 spiro atoms. The lowest BCUT2D eigenvalue weighted by Crippen LogP contribution is -2.28. The Bertz CT molecular complexity index is 1380.